The number of nitrogens with one attached hydrogen (secondary N) is 2. The number of hydrogen-bond acceptors (Lipinski definition) is 5. The minimum absolute atomic E-state index is 0.246. The van der Waals surface area contributed by atoms with Crippen molar-refractivity contribution in [2.75, 3.05) is 11.9 Å². The number of anilines is 2. The monoisotopic (exact) mass is 305 g/mol. The fraction of sp³-hybridized carbons (Fsp3) is 0.438. The van der Waals surface area contributed by atoms with Gasteiger partial charge in [0.25, 0.3) is 0 Å². The van der Waals surface area contributed by atoms with Gasteiger partial charge in [-0.3, -0.25) is 0 Å². The maximum atomic E-state index is 9.85. The van der Waals surface area contributed by atoms with Gasteiger partial charge >= 0.3 is 0 Å². The molecule has 0 amide bonds. The zero-order valence-corrected chi connectivity index (χ0v) is 13.6. The topological polar surface area (TPSA) is 57.2 Å². The predicted molar refractivity (Wildman–Crippen MR) is 89.7 cm³/mol. The molecule has 3 N–H and O–H groups in total. The number of phenolic OH excluding ortho intramolecular Hbond substituents is 1. The van der Waals surface area contributed by atoms with Crippen LogP contribution in [-0.2, 0) is 6.42 Å². The number of rotatable bonds is 7. The summed E-state index contributed by atoms with van der Waals surface area (Å²) in [5.74, 6) is 0.246. The van der Waals surface area contributed by atoms with E-state index in [0.29, 0.717) is 11.7 Å². The van der Waals surface area contributed by atoms with E-state index in [2.05, 4.69) is 34.8 Å². The second-order valence-corrected chi connectivity index (χ2v) is 6.21. The highest BCUT2D eigenvalue weighted by Gasteiger charge is 2.08. The van der Waals surface area contributed by atoms with Crippen LogP contribution in [0.5, 0.6) is 5.75 Å². The molecule has 1 atom stereocenters. The molecular weight excluding hydrogens is 282 g/mol. The molecule has 2 rings (SSSR count). The Bertz CT molecular complexity index is 583. The molecular formula is C16H23N3OS. The van der Waals surface area contributed by atoms with Crippen molar-refractivity contribution in [2.45, 2.75) is 39.7 Å². The van der Waals surface area contributed by atoms with Gasteiger partial charge in [0.05, 0.1) is 11.4 Å². The SMILES string of the molecule is CCCNC(C)Cc1csc(Nc2cc(C)ccc2O)n1. The van der Waals surface area contributed by atoms with Crippen LogP contribution >= 0.6 is 11.3 Å². The summed E-state index contributed by atoms with van der Waals surface area (Å²) in [5, 5.41) is 19.4. The Hall–Kier alpha value is -1.59. The second-order valence-electron chi connectivity index (χ2n) is 5.35. The Morgan fingerprint density at radius 2 is 2.19 bits per heavy atom. The molecule has 0 aliphatic carbocycles. The van der Waals surface area contributed by atoms with Gasteiger partial charge in [-0.15, -0.1) is 11.3 Å². The zero-order chi connectivity index (χ0) is 15.2. The van der Waals surface area contributed by atoms with E-state index in [9.17, 15) is 5.11 Å². The van der Waals surface area contributed by atoms with E-state index in [4.69, 9.17) is 0 Å². The van der Waals surface area contributed by atoms with Crippen LogP contribution in [0.4, 0.5) is 10.8 Å². The van der Waals surface area contributed by atoms with Gasteiger partial charge in [0.15, 0.2) is 5.13 Å². The van der Waals surface area contributed by atoms with Crippen LogP contribution in [0.2, 0.25) is 0 Å². The third kappa shape index (κ3) is 4.72. The van der Waals surface area contributed by atoms with Crippen LogP contribution < -0.4 is 10.6 Å². The molecule has 0 fully saturated rings. The lowest BCUT2D eigenvalue weighted by Gasteiger charge is -2.11. The van der Waals surface area contributed by atoms with Gasteiger partial charge in [-0.2, -0.15) is 0 Å². The third-order valence-electron chi connectivity index (χ3n) is 3.20. The molecule has 0 spiro atoms. The molecule has 5 heteroatoms. The standard InChI is InChI=1S/C16H23N3OS/c1-4-7-17-12(3)9-13-10-21-16(18-13)19-14-8-11(2)5-6-15(14)20/h5-6,8,10,12,17,20H,4,7,9H2,1-3H3,(H,18,19). The minimum atomic E-state index is 0.246. The Kier molecular flexibility index (Phi) is 5.59. The van der Waals surface area contributed by atoms with Gasteiger partial charge in [-0.05, 0) is 44.5 Å². The highest BCUT2D eigenvalue weighted by Crippen LogP contribution is 2.29. The van der Waals surface area contributed by atoms with Gasteiger partial charge in [0.1, 0.15) is 5.75 Å². The molecule has 0 radical (unpaired) electrons. The molecule has 4 nitrogen and oxygen atoms in total. The molecule has 0 saturated carbocycles. The van der Waals surface area contributed by atoms with Gasteiger partial charge in [-0.25, -0.2) is 4.98 Å². The number of aromatic nitrogens is 1. The van der Waals surface area contributed by atoms with E-state index >= 15 is 0 Å². The van der Waals surface area contributed by atoms with Crippen molar-refractivity contribution in [3.05, 3.63) is 34.8 Å². The van der Waals surface area contributed by atoms with Crippen molar-refractivity contribution in [3.63, 3.8) is 0 Å². The van der Waals surface area contributed by atoms with E-state index in [1.165, 1.54) is 0 Å². The highest BCUT2D eigenvalue weighted by molar-refractivity contribution is 7.13. The molecule has 1 heterocycles. The summed E-state index contributed by atoms with van der Waals surface area (Å²) in [4.78, 5) is 4.58. The van der Waals surface area contributed by atoms with Crippen LogP contribution in [-0.4, -0.2) is 22.7 Å². The van der Waals surface area contributed by atoms with Gasteiger partial charge in [-0.1, -0.05) is 13.0 Å². The normalized spacial score (nSPS) is 12.3. The number of nitrogens with zero attached hydrogens (tertiary/aromatic N) is 1. The maximum Gasteiger partial charge on any atom is 0.187 e. The van der Waals surface area contributed by atoms with Crippen molar-refractivity contribution < 1.29 is 5.11 Å². The highest BCUT2D eigenvalue weighted by atomic mass is 32.1. The van der Waals surface area contributed by atoms with Crippen LogP contribution in [0.25, 0.3) is 0 Å². The Morgan fingerprint density at radius 3 is 2.95 bits per heavy atom. The van der Waals surface area contributed by atoms with Crippen molar-refractivity contribution in [1.82, 2.24) is 10.3 Å². The van der Waals surface area contributed by atoms with Crippen LogP contribution in [0.15, 0.2) is 23.6 Å². The van der Waals surface area contributed by atoms with Gasteiger partial charge in [0.2, 0.25) is 0 Å². The third-order valence-corrected chi connectivity index (χ3v) is 4.01. The largest absolute Gasteiger partial charge is 0.506 e. The van der Waals surface area contributed by atoms with E-state index < -0.39 is 0 Å². The Labute approximate surface area is 130 Å². The first kappa shape index (κ1) is 15.8. The lowest BCUT2D eigenvalue weighted by molar-refractivity contribution is 0.477. The molecule has 1 aromatic heterocycles. The molecule has 2 aromatic rings. The first-order chi connectivity index (χ1) is 10.1. The number of hydrogen-bond donors (Lipinski definition) is 3. The van der Waals surface area contributed by atoms with E-state index in [0.717, 1.165) is 35.8 Å². The molecule has 21 heavy (non-hydrogen) atoms. The van der Waals surface area contributed by atoms with E-state index in [1.54, 1.807) is 17.4 Å². The molecule has 0 bridgehead atoms. The zero-order valence-electron chi connectivity index (χ0n) is 12.8. The average Bonchev–Trinajstić information content (AvgIpc) is 2.88. The van der Waals surface area contributed by atoms with Crippen LogP contribution in [0.3, 0.4) is 0 Å². The predicted octanol–water partition coefficient (Wildman–Crippen LogP) is 3.83. The molecule has 0 aliphatic rings. The fourth-order valence-electron chi connectivity index (χ4n) is 2.10. The lowest BCUT2D eigenvalue weighted by Crippen LogP contribution is -2.28. The number of phenols is 1. The Balaban J connectivity index is 1.98. The number of thiazole rings is 1. The smallest absolute Gasteiger partial charge is 0.187 e. The average molecular weight is 305 g/mol. The summed E-state index contributed by atoms with van der Waals surface area (Å²) in [6, 6.07) is 5.92. The summed E-state index contributed by atoms with van der Waals surface area (Å²) >= 11 is 1.56. The van der Waals surface area contributed by atoms with Crippen LogP contribution in [0, 0.1) is 6.92 Å². The van der Waals surface area contributed by atoms with E-state index in [1.807, 2.05) is 19.1 Å². The first-order valence-electron chi connectivity index (χ1n) is 7.33. The molecule has 1 aromatic carbocycles. The number of benzene rings is 1. The van der Waals surface area contributed by atoms with Gasteiger partial charge < -0.3 is 15.7 Å². The summed E-state index contributed by atoms with van der Waals surface area (Å²) in [5.41, 5.74) is 2.88. The quantitative estimate of drug-likeness (QED) is 0.680. The Morgan fingerprint density at radius 1 is 1.38 bits per heavy atom. The van der Waals surface area contributed by atoms with E-state index in [-0.39, 0.29) is 5.75 Å². The van der Waals surface area contributed by atoms with Crippen molar-refractivity contribution >= 4 is 22.2 Å². The molecule has 1 unspecified atom stereocenters. The van der Waals surface area contributed by atoms with Crippen molar-refractivity contribution in [3.8, 4) is 5.75 Å². The summed E-state index contributed by atoms with van der Waals surface area (Å²) < 4.78 is 0. The second kappa shape index (κ2) is 7.43. The number of aryl methyl sites for hydroxylation is 1. The van der Waals surface area contributed by atoms with Crippen molar-refractivity contribution in [1.29, 1.82) is 0 Å². The molecule has 114 valence electrons. The fourth-order valence-corrected chi connectivity index (χ4v) is 2.84. The summed E-state index contributed by atoms with van der Waals surface area (Å²) in [6.45, 7) is 7.37. The lowest BCUT2D eigenvalue weighted by atomic mass is 10.2. The minimum Gasteiger partial charge on any atom is -0.506 e. The van der Waals surface area contributed by atoms with Crippen molar-refractivity contribution in [2.24, 2.45) is 0 Å². The maximum absolute atomic E-state index is 9.85. The molecule has 0 saturated heterocycles. The van der Waals surface area contributed by atoms with Gasteiger partial charge in [0, 0.05) is 17.8 Å². The first-order valence-corrected chi connectivity index (χ1v) is 8.21. The number of aromatic hydroxyl groups is 1. The molecule has 0 aliphatic heterocycles. The van der Waals surface area contributed by atoms with Crippen LogP contribution in [0.1, 0.15) is 31.5 Å². The summed E-state index contributed by atoms with van der Waals surface area (Å²) in [6.07, 6.45) is 2.05. The summed E-state index contributed by atoms with van der Waals surface area (Å²) in [7, 11) is 0.